The van der Waals surface area contributed by atoms with Crippen molar-refractivity contribution in [1.82, 2.24) is 9.88 Å². The van der Waals surface area contributed by atoms with E-state index in [2.05, 4.69) is 10.3 Å². The van der Waals surface area contributed by atoms with E-state index in [9.17, 15) is 14.0 Å². The molecule has 1 amide bonds. The summed E-state index contributed by atoms with van der Waals surface area (Å²) in [4.78, 5) is 31.1. The normalized spacial score (nSPS) is 14.0. The molecule has 1 aromatic carbocycles. The molecule has 24 heavy (non-hydrogen) atoms. The molecule has 1 N–H and O–H groups in total. The molecule has 0 aliphatic carbocycles. The maximum atomic E-state index is 12.9. The van der Waals surface area contributed by atoms with Gasteiger partial charge in [0.15, 0.2) is 10.9 Å². The number of carbonyl (C=O) groups is 2. The molecule has 3 rings (SSSR count). The van der Waals surface area contributed by atoms with Crippen molar-refractivity contribution in [3.8, 4) is 0 Å². The number of hydrogen-bond acceptors (Lipinski definition) is 5. The number of hydrogen-bond donors (Lipinski definition) is 1. The van der Waals surface area contributed by atoms with Gasteiger partial charge in [0, 0.05) is 12.1 Å². The molecule has 0 radical (unpaired) electrons. The molecular weight excluding hydrogens is 329 g/mol. The van der Waals surface area contributed by atoms with Crippen molar-refractivity contribution in [2.24, 2.45) is 5.92 Å². The third kappa shape index (κ3) is 3.62. The Morgan fingerprint density at radius 2 is 2.04 bits per heavy atom. The summed E-state index contributed by atoms with van der Waals surface area (Å²) in [7, 11) is 0. The van der Waals surface area contributed by atoms with E-state index in [4.69, 9.17) is 0 Å². The summed E-state index contributed by atoms with van der Waals surface area (Å²) in [6.07, 6.45) is 0.424. The number of fused-ring (bicyclic) bond motifs is 1. The number of nitrogens with zero attached hydrogens (tertiary/aromatic N) is 2. The van der Waals surface area contributed by atoms with E-state index in [1.165, 1.54) is 23.5 Å². The van der Waals surface area contributed by atoms with Gasteiger partial charge < -0.3 is 10.2 Å². The van der Waals surface area contributed by atoms with Gasteiger partial charge in [-0.25, -0.2) is 9.37 Å². The summed E-state index contributed by atoms with van der Waals surface area (Å²) in [6.45, 7) is 4.41. The van der Waals surface area contributed by atoms with E-state index >= 15 is 0 Å². The third-order valence-electron chi connectivity index (χ3n) is 3.66. The minimum Gasteiger partial charge on any atom is -0.332 e. The van der Waals surface area contributed by atoms with Gasteiger partial charge in [0.05, 0.1) is 23.7 Å². The Morgan fingerprint density at radius 3 is 2.71 bits per heavy atom. The first kappa shape index (κ1) is 16.6. The monoisotopic (exact) mass is 347 g/mol. The highest BCUT2D eigenvalue weighted by atomic mass is 32.1. The first-order valence-corrected chi connectivity index (χ1v) is 8.57. The Balaban J connectivity index is 1.76. The van der Waals surface area contributed by atoms with Crippen LogP contribution in [-0.4, -0.2) is 28.1 Å². The molecule has 0 saturated heterocycles. The van der Waals surface area contributed by atoms with Crippen LogP contribution in [0.3, 0.4) is 0 Å². The lowest BCUT2D eigenvalue weighted by atomic mass is 10.1. The van der Waals surface area contributed by atoms with Crippen LogP contribution >= 0.6 is 11.3 Å². The smallest absolute Gasteiger partial charge is 0.223 e. The minimum atomic E-state index is -0.312. The van der Waals surface area contributed by atoms with E-state index in [-0.39, 0.29) is 30.0 Å². The Morgan fingerprint density at radius 1 is 1.33 bits per heavy atom. The van der Waals surface area contributed by atoms with Gasteiger partial charge in [0.25, 0.3) is 0 Å². The summed E-state index contributed by atoms with van der Waals surface area (Å²) >= 11 is 1.27. The summed E-state index contributed by atoms with van der Waals surface area (Å²) in [6, 6.07) is 5.92. The lowest BCUT2D eigenvalue weighted by Crippen LogP contribution is -2.39. The van der Waals surface area contributed by atoms with Crippen LogP contribution in [0.2, 0.25) is 0 Å². The quantitative estimate of drug-likeness (QED) is 0.918. The second-order valence-electron chi connectivity index (χ2n) is 6.20. The van der Waals surface area contributed by atoms with Crippen LogP contribution in [0.4, 0.5) is 15.2 Å². The molecular formula is C17H18FN3O2S. The molecule has 0 spiro atoms. The second kappa shape index (κ2) is 6.68. The molecule has 2 aromatic rings. The molecule has 2 heterocycles. The van der Waals surface area contributed by atoms with Crippen molar-refractivity contribution >= 4 is 33.8 Å². The molecule has 126 valence electrons. The molecule has 7 heteroatoms. The molecule has 1 aromatic heterocycles. The Kier molecular flexibility index (Phi) is 4.62. The minimum absolute atomic E-state index is 0.0231. The Labute approximate surface area is 143 Å². The standard InChI is InChI=1S/C17H18FN3O2S/c1-10(2)7-15(23)21-8-13-16(14(22)9-21)24-17(20-13)19-12-5-3-11(18)4-6-12/h3-6,10H,7-9H2,1-2H3,(H,19,20). The predicted octanol–water partition coefficient (Wildman–Crippen LogP) is 3.60. The Hall–Kier alpha value is -2.28. The van der Waals surface area contributed by atoms with Crippen molar-refractivity contribution < 1.29 is 14.0 Å². The number of ketones is 1. The largest absolute Gasteiger partial charge is 0.332 e. The number of rotatable bonds is 4. The number of Topliss-reactive ketones (excluding diaryl/α,β-unsaturated/α-hetero) is 1. The van der Waals surface area contributed by atoms with Crippen LogP contribution in [0.5, 0.6) is 0 Å². The van der Waals surface area contributed by atoms with Crippen LogP contribution in [0.15, 0.2) is 24.3 Å². The summed E-state index contributed by atoms with van der Waals surface area (Å²) < 4.78 is 12.9. The molecule has 1 aliphatic heterocycles. The van der Waals surface area contributed by atoms with Crippen molar-refractivity contribution in [2.45, 2.75) is 26.8 Å². The van der Waals surface area contributed by atoms with Crippen LogP contribution in [0.1, 0.15) is 35.6 Å². The number of carbonyl (C=O) groups excluding carboxylic acids is 2. The van der Waals surface area contributed by atoms with Crippen LogP contribution in [0, 0.1) is 11.7 Å². The zero-order chi connectivity index (χ0) is 17.3. The first-order valence-electron chi connectivity index (χ1n) is 7.75. The van der Waals surface area contributed by atoms with Gasteiger partial charge in [-0.2, -0.15) is 0 Å². The molecule has 0 saturated carbocycles. The molecule has 1 aliphatic rings. The summed E-state index contributed by atoms with van der Waals surface area (Å²) in [5.41, 5.74) is 1.32. The number of amides is 1. The van der Waals surface area contributed by atoms with Gasteiger partial charge in [0.2, 0.25) is 5.91 Å². The number of benzene rings is 1. The number of nitrogens with one attached hydrogen (secondary N) is 1. The fourth-order valence-electron chi connectivity index (χ4n) is 2.52. The highest BCUT2D eigenvalue weighted by molar-refractivity contribution is 7.17. The lowest BCUT2D eigenvalue weighted by Gasteiger charge is -2.25. The van der Waals surface area contributed by atoms with Gasteiger partial charge in [-0.05, 0) is 30.2 Å². The highest BCUT2D eigenvalue weighted by Gasteiger charge is 2.30. The van der Waals surface area contributed by atoms with Gasteiger partial charge in [0.1, 0.15) is 5.82 Å². The van der Waals surface area contributed by atoms with Crippen molar-refractivity contribution in [3.05, 3.63) is 40.7 Å². The molecule has 0 atom stereocenters. The van der Waals surface area contributed by atoms with Gasteiger partial charge in [-0.15, -0.1) is 0 Å². The zero-order valence-electron chi connectivity index (χ0n) is 13.5. The average molecular weight is 347 g/mol. The molecule has 0 unspecified atom stereocenters. The van der Waals surface area contributed by atoms with Crippen LogP contribution in [-0.2, 0) is 11.3 Å². The van der Waals surface area contributed by atoms with Crippen LogP contribution in [0.25, 0.3) is 0 Å². The SMILES string of the molecule is CC(C)CC(=O)N1CC(=O)c2sc(Nc3ccc(F)cc3)nc2C1. The predicted molar refractivity (Wildman–Crippen MR) is 91.0 cm³/mol. The summed E-state index contributed by atoms with van der Waals surface area (Å²) in [5.74, 6) is -0.170. The van der Waals surface area contributed by atoms with E-state index in [0.717, 1.165) is 0 Å². The van der Waals surface area contributed by atoms with Gasteiger partial charge >= 0.3 is 0 Å². The number of halogens is 1. The topological polar surface area (TPSA) is 62.3 Å². The number of aromatic nitrogens is 1. The number of thiazole rings is 1. The fourth-order valence-corrected chi connectivity index (χ4v) is 3.45. The Bertz CT molecular complexity index is 771. The molecule has 0 bridgehead atoms. The van der Waals surface area contributed by atoms with Gasteiger partial charge in [-0.3, -0.25) is 9.59 Å². The first-order chi connectivity index (χ1) is 11.4. The highest BCUT2D eigenvalue weighted by Crippen LogP contribution is 2.30. The molecule has 5 nitrogen and oxygen atoms in total. The van der Waals surface area contributed by atoms with E-state index in [0.29, 0.717) is 34.4 Å². The van der Waals surface area contributed by atoms with Crippen molar-refractivity contribution in [3.63, 3.8) is 0 Å². The second-order valence-corrected chi connectivity index (χ2v) is 7.20. The van der Waals surface area contributed by atoms with E-state index in [1.54, 1.807) is 17.0 Å². The maximum absolute atomic E-state index is 12.9. The van der Waals surface area contributed by atoms with Gasteiger partial charge in [-0.1, -0.05) is 25.2 Å². The molecule has 0 fully saturated rings. The van der Waals surface area contributed by atoms with Crippen molar-refractivity contribution in [2.75, 3.05) is 11.9 Å². The average Bonchev–Trinajstić information content (AvgIpc) is 2.92. The van der Waals surface area contributed by atoms with E-state index < -0.39 is 0 Å². The van der Waals surface area contributed by atoms with Crippen LogP contribution < -0.4 is 5.32 Å². The third-order valence-corrected chi connectivity index (χ3v) is 4.71. The number of anilines is 2. The van der Waals surface area contributed by atoms with Crippen molar-refractivity contribution in [1.29, 1.82) is 0 Å². The summed E-state index contributed by atoms with van der Waals surface area (Å²) in [5, 5.41) is 3.64. The zero-order valence-corrected chi connectivity index (χ0v) is 14.3. The van der Waals surface area contributed by atoms with E-state index in [1.807, 2.05) is 13.8 Å². The fraction of sp³-hybridized carbons (Fsp3) is 0.353. The maximum Gasteiger partial charge on any atom is 0.223 e. The lowest BCUT2D eigenvalue weighted by molar-refractivity contribution is -0.132.